The van der Waals surface area contributed by atoms with E-state index in [4.69, 9.17) is 16.3 Å². The zero-order valence-electron chi connectivity index (χ0n) is 11.6. The Bertz CT molecular complexity index is 481. The molecule has 1 fully saturated rings. The molecule has 1 atom stereocenters. The maximum absolute atomic E-state index is 13.1. The zero-order chi connectivity index (χ0) is 14.5. The van der Waals surface area contributed by atoms with Gasteiger partial charge in [-0.1, -0.05) is 17.7 Å². The van der Waals surface area contributed by atoms with Crippen LogP contribution in [-0.2, 0) is 16.1 Å². The first kappa shape index (κ1) is 15.3. The maximum Gasteiger partial charge on any atom is 0.310 e. The van der Waals surface area contributed by atoms with E-state index in [1.54, 1.807) is 12.1 Å². The fraction of sp³-hybridized carbons (Fsp3) is 0.533. The SMILES string of the molecule is CCOC(=O)[C@@H]1CCCN(Cc2ccc(F)c(Cl)c2)C1. The van der Waals surface area contributed by atoms with E-state index in [1.165, 1.54) is 6.07 Å². The summed E-state index contributed by atoms with van der Waals surface area (Å²) in [6.07, 6.45) is 1.85. The van der Waals surface area contributed by atoms with Crippen LogP contribution in [0.5, 0.6) is 0 Å². The quantitative estimate of drug-likeness (QED) is 0.799. The Balaban J connectivity index is 1.95. The third-order valence-electron chi connectivity index (χ3n) is 3.52. The minimum atomic E-state index is -0.404. The molecule has 0 radical (unpaired) electrons. The summed E-state index contributed by atoms with van der Waals surface area (Å²) in [5.74, 6) is -0.576. The lowest BCUT2D eigenvalue weighted by Crippen LogP contribution is -2.38. The highest BCUT2D eigenvalue weighted by Gasteiger charge is 2.26. The number of hydrogen-bond donors (Lipinski definition) is 0. The molecule has 0 bridgehead atoms. The smallest absolute Gasteiger partial charge is 0.310 e. The molecule has 0 aromatic heterocycles. The molecule has 0 amide bonds. The first-order valence-electron chi connectivity index (χ1n) is 6.93. The molecule has 1 aromatic rings. The average Bonchev–Trinajstić information content (AvgIpc) is 2.43. The normalized spacial score (nSPS) is 19.9. The van der Waals surface area contributed by atoms with Crippen molar-refractivity contribution < 1.29 is 13.9 Å². The highest BCUT2D eigenvalue weighted by Crippen LogP contribution is 2.22. The minimum absolute atomic E-state index is 0.0559. The molecule has 2 rings (SSSR count). The van der Waals surface area contributed by atoms with Crippen molar-refractivity contribution in [2.45, 2.75) is 26.3 Å². The number of esters is 1. The van der Waals surface area contributed by atoms with Crippen LogP contribution in [0, 0.1) is 11.7 Å². The van der Waals surface area contributed by atoms with Crippen molar-refractivity contribution in [1.29, 1.82) is 0 Å². The molecule has 1 saturated heterocycles. The van der Waals surface area contributed by atoms with Gasteiger partial charge in [0, 0.05) is 13.1 Å². The van der Waals surface area contributed by atoms with Crippen molar-refractivity contribution in [2.75, 3.05) is 19.7 Å². The Morgan fingerprint density at radius 2 is 2.35 bits per heavy atom. The van der Waals surface area contributed by atoms with Crippen molar-refractivity contribution in [1.82, 2.24) is 4.90 Å². The van der Waals surface area contributed by atoms with Crippen molar-refractivity contribution in [3.8, 4) is 0 Å². The van der Waals surface area contributed by atoms with Crippen LogP contribution in [0.4, 0.5) is 4.39 Å². The van der Waals surface area contributed by atoms with Gasteiger partial charge in [0.25, 0.3) is 0 Å². The van der Waals surface area contributed by atoms with Crippen LogP contribution in [0.15, 0.2) is 18.2 Å². The molecular weight excluding hydrogens is 281 g/mol. The van der Waals surface area contributed by atoms with E-state index in [2.05, 4.69) is 4.90 Å². The summed E-state index contributed by atoms with van der Waals surface area (Å²) >= 11 is 5.78. The number of hydrogen-bond acceptors (Lipinski definition) is 3. The average molecular weight is 300 g/mol. The highest BCUT2D eigenvalue weighted by molar-refractivity contribution is 6.30. The van der Waals surface area contributed by atoms with Crippen LogP contribution in [0.25, 0.3) is 0 Å². The predicted octanol–water partition coefficient (Wildman–Crippen LogP) is 3.25. The van der Waals surface area contributed by atoms with Gasteiger partial charge in [-0.05, 0) is 44.0 Å². The predicted molar refractivity (Wildman–Crippen MR) is 76.0 cm³/mol. The summed E-state index contributed by atoms with van der Waals surface area (Å²) in [7, 11) is 0. The molecule has 0 spiro atoms. The van der Waals surface area contributed by atoms with Crippen LogP contribution >= 0.6 is 11.6 Å². The van der Waals surface area contributed by atoms with Gasteiger partial charge in [0.05, 0.1) is 17.5 Å². The number of benzene rings is 1. The third kappa shape index (κ3) is 3.93. The number of nitrogens with zero attached hydrogens (tertiary/aromatic N) is 1. The van der Waals surface area contributed by atoms with E-state index >= 15 is 0 Å². The highest BCUT2D eigenvalue weighted by atomic mass is 35.5. The number of ether oxygens (including phenoxy) is 1. The number of rotatable bonds is 4. The van der Waals surface area contributed by atoms with E-state index in [-0.39, 0.29) is 16.9 Å². The molecule has 0 aliphatic carbocycles. The number of likely N-dealkylation sites (tertiary alicyclic amines) is 1. The van der Waals surface area contributed by atoms with Gasteiger partial charge in [-0.3, -0.25) is 9.69 Å². The van der Waals surface area contributed by atoms with Gasteiger partial charge >= 0.3 is 5.97 Å². The van der Waals surface area contributed by atoms with Crippen LogP contribution in [0.1, 0.15) is 25.3 Å². The van der Waals surface area contributed by atoms with Crippen LogP contribution in [0.2, 0.25) is 5.02 Å². The molecular formula is C15H19ClFNO2. The number of carbonyl (C=O) groups is 1. The second-order valence-corrected chi connectivity index (χ2v) is 5.48. The fourth-order valence-corrected chi connectivity index (χ4v) is 2.75. The van der Waals surface area contributed by atoms with E-state index in [1.807, 2.05) is 6.92 Å². The first-order chi connectivity index (χ1) is 9.60. The van der Waals surface area contributed by atoms with Crippen molar-refractivity contribution >= 4 is 17.6 Å². The largest absolute Gasteiger partial charge is 0.466 e. The number of halogens is 2. The van der Waals surface area contributed by atoms with Gasteiger partial charge in [0.15, 0.2) is 0 Å². The van der Waals surface area contributed by atoms with Crippen molar-refractivity contribution in [3.63, 3.8) is 0 Å². The summed E-state index contributed by atoms with van der Waals surface area (Å²) in [6, 6.07) is 4.75. The van der Waals surface area contributed by atoms with Gasteiger partial charge in [0.2, 0.25) is 0 Å². The third-order valence-corrected chi connectivity index (χ3v) is 3.81. The summed E-state index contributed by atoms with van der Waals surface area (Å²) in [5.41, 5.74) is 0.959. The summed E-state index contributed by atoms with van der Waals surface area (Å²) < 4.78 is 18.2. The minimum Gasteiger partial charge on any atom is -0.466 e. The molecule has 5 heteroatoms. The van der Waals surface area contributed by atoms with Gasteiger partial charge in [0.1, 0.15) is 5.82 Å². The summed E-state index contributed by atoms with van der Waals surface area (Å²) in [4.78, 5) is 14.0. The lowest BCUT2D eigenvalue weighted by Gasteiger charge is -2.31. The van der Waals surface area contributed by atoms with E-state index in [9.17, 15) is 9.18 Å². The second-order valence-electron chi connectivity index (χ2n) is 5.07. The lowest BCUT2D eigenvalue weighted by atomic mass is 9.98. The molecule has 3 nitrogen and oxygen atoms in total. The van der Waals surface area contributed by atoms with Gasteiger partial charge in [-0.25, -0.2) is 4.39 Å². The summed E-state index contributed by atoms with van der Waals surface area (Å²) in [6.45, 7) is 4.54. The topological polar surface area (TPSA) is 29.5 Å². The monoisotopic (exact) mass is 299 g/mol. The zero-order valence-corrected chi connectivity index (χ0v) is 12.3. The van der Waals surface area contributed by atoms with Crippen LogP contribution in [-0.4, -0.2) is 30.6 Å². The molecule has 0 unspecified atom stereocenters. The molecule has 1 heterocycles. The van der Waals surface area contributed by atoms with Crippen molar-refractivity contribution in [2.24, 2.45) is 5.92 Å². The van der Waals surface area contributed by atoms with Crippen LogP contribution in [0.3, 0.4) is 0 Å². The van der Waals surface area contributed by atoms with E-state index in [0.29, 0.717) is 19.7 Å². The van der Waals surface area contributed by atoms with Crippen molar-refractivity contribution in [3.05, 3.63) is 34.6 Å². The van der Waals surface area contributed by atoms with Gasteiger partial charge in [-0.15, -0.1) is 0 Å². The molecule has 0 saturated carbocycles. The Morgan fingerprint density at radius 1 is 1.55 bits per heavy atom. The molecule has 20 heavy (non-hydrogen) atoms. The lowest BCUT2D eigenvalue weighted by molar-refractivity contribution is -0.150. The first-order valence-corrected chi connectivity index (χ1v) is 7.31. The number of carbonyl (C=O) groups excluding carboxylic acids is 1. The number of piperidine rings is 1. The van der Waals surface area contributed by atoms with Gasteiger partial charge in [-0.2, -0.15) is 0 Å². The van der Waals surface area contributed by atoms with E-state index < -0.39 is 5.82 Å². The summed E-state index contributed by atoms with van der Waals surface area (Å²) in [5, 5.41) is 0.140. The van der Waals surface area contributed by atoms with E-state index in [0.717, 1.165) is 24.9 Å². The second kappa shape index (κ2) is 7.04. The Kier molecular flexibility index (Phi) is 5.38. The molecule has 1 aromatic carbocycles. The van der Waals surface area contributed by atoms with Gasteiger partial charge < -0.3 is 4.74 Å². The van der Waals surface area contributed by atoms with Crippen LogP contribution < -0.4 is 0 Å². The Hall–Kier alpha value is -1.13. The Morgan fingerprint density at radius 3 is 3.05 bits per heavy atom. The molecule has 0 N–H and O–H groups in total. The molecule has 1 aliphatic rings. The molecule has 1 aliphatic heterocycles. The molecule has 110 valence electrons. The maximum atomic E-state index is 13.1. The fourth-order valence-electron chi connectivity index (χ4n) is 2.55. The standard InChI is InChI=1S/C15H19ClFNO2/c1-2-20-15(19)12-4-3-7-18(10-12)9-11-5-6-14(17)13(16)8-11/h5-6,8,12H,2-4,7,9-10H2,1H3/t12-/m1/s1. The Labute approximate surface area is 123 Å².